The van der Waals surface area contributed by atoms with Crippen molar-refractivity contribution in [1.29, 1.82) is 0 Å². The molecule has 1 N–H and O–H groups in total. The molecular weight excluding hydrogens is 356 g/mol. The SMILES string of the molecule is O=c1c2ccccc2nc(SCC(O)c2ccccc2)n1-c1ccccc1. The highest BCUT2D eigenvalue weighted by atomic mass is 32.2. The number of aromatic nitrogens is 2. The first-order chi connectivity index (χ1) is 13.2. The van der Waals surface area contributed by atoms with Crippen LogP contribution in [0.15, 0.2) is 94.9 Å². The van der Waals surface area contributed by atoms with E-state index in [9.17, 15) is 9.90 Å². The zero-order chi connectivity index (χ0) is 18.6. The number of para-hydroxylation sites is 2. The maximum atomic E-state index is 13.1. The quantitative estimate of drug-likeness (QED) is 0.420. The summed E-state index contributed by atoms with van der Waals surface area (Å²) in [6, 6.07) is 26.3. The zero-order valence-electron chi connectivity index (χ0n) is 14.5. The monoisotopic (exact) mass is 374 g/mol. The Hall–Kier alpha value is -2.89. The van der Waals surface area contributed by atoms with Crippen molar-refractivity contribution in [3.8, 4) is 5.69 Å². The lowest BCUT2D eigenvalue weighted by atomic mass is 10.1. The summed E-state index contributed by atoms with van der Waals surface area (Å²) in [7, 11) is 0. The number of aliphatic hydroxyl groups excluding tert-OH is 1. The van der Waals surface area contributed by atoms with Gasteiger partial charge in [0.15, 0.2) is 5.16 Å². The van der Waals surface area contributed by atoms with Gasteiger partial charge >= 0.3 is 0 Å². The molecule has 3 aromatic carbocycles. The number of thioether (sulfide) groups is 1. The first-order valence-electron chi connectivity index (χ1n) is 8.67. The van der Waals surface area contributed by atoms with E-state index in [4.69, 9.17) is 4.98 Å². The molecular formula is C22H18N2O2S. The van der Waals surface area contributed by atoms with Gasteiger partial charge in [-0.1, -0.05) is 72.4 Å². The Morgan fingerprint density at radius 2 is 1.52 bits per heavy atom. The van der Waals surface area contributed by atoms with Crippen LogP contribution in [0.2, 0.25) is 0 Å². The van der Waals surface area contributed by atoms with Crippen LogP contribution < -0.4 is 5.56 Å². The summed E-state index contributed by atoms with van der Waals surface area (Å²) >= 11 is 1.38. The van der Waals surface area contributed by atoms with Gasteiger partial charge < -0.3 is 5.11 Å². The average Bonchev–Trinajstić information content (AvgIpc) is 2.73. The van der Waals surface area contributed by atoms with Crippen molar-refractivity contribution in [1.82, 2.24) is 9.55 Å². The summed E-state index contributed by atoms with van der Waals surface area (Å²) in [4.78, 5) is 17.8. The van der Waals surface area contributed by atoms with E-state index in [-0.39, 0.29) is 5.56 Å². The van der Waals surface area contributed by atoms with Crippen LogP contribution in [-0.4, -0.2) is 20.4 Å². The predicted octanol–water partition coefficient (Wildman–Crippen LogP) is 4.21. The topological polar surface area (TPSA) is 55.1 Å². The molecule has 0 aliphatic carbocycles. The maximum absolute atomic E-state index is 13.1. The molecule has 1 atom stereocenters. The van der Waals surface area contributed by atoms with Gasteiger partial charge in [0.05, 0.1) is 22.7 Å². The fraction of sp³-hybridized carbons (Fsp3) is 0.0909. The molecule has 0 spiro atoms. The second-order valence-corrected chi connectivity index (χ2v) is 7.11. The van der Waals surface area contributed by atoms with E-state index in [1.54, 1.807) is 10.6 Å². The first kappa shape index (κ1) is 17.5. The van der Waals surface area contributed by atoms with E-state index in [1.165, 1.54) is 11.8 Å². The van der Waals surface area contributed by atoms with E-state index in [1.807, 2.05) is 78.9 Å². The summed E-state index contributed by atoms with van der Waals surface area (Å²) in [6.07, 6.45) is -0.635. The molecule has 0 amide bonds. The highest BCUT2D eigenvalue weighted by Gasteiger charge is 2.15. The van der Waals surface area contributed by atoms with Crippen LogP contribution >= 0.6 is 11.8 Å². The molecule has 27 heavy (non-hydrogen) atoms. The van der Waals surface area contributed by atoms with Gasteiger partial charge in [0.1, 0.15) is 0 Å². The lowest BCUT2D eigenvalue weighted by Gasteiger charge is -2.15. The third-order valence-corrected chi connectivity index (χ3v) is 5.33. The van der Waals surface area contributed by atoms with E-state index in [0.717, 1.165) is 11.3 Å². The van der Waals surface area contributed by atoms with Crippen LogP contribution in [0.25, 0.3) is 16.6 Å². The molecule has 0 fully saturated rings. The Morgan fingerprint density at radius 3 is 2.26 bits per heavy atom. The molecule has 4 aromatic rings. The van der Waals surface area contributed by atoms with Crippen molar-refractivity contribution in [2.45, 2.75) is 11.3 Å². The molecule has 1 heterocycles. The number of aliphatic hydroxyl groups is 1. The number of hydrogen-bond acceptors (Lipinski definition) is 4. The van der Waals surface area contributed by atoms with Crippen molar-refractivity contribution in [2.75, 3.05) is 5.75 Å². The Kier molecular flexibility index (Phi) is 5.05. The minimum absolute atomic E-state index is 0.108. The molecule has 5 heteroatoms. The fourth-order valence-electron chi connectivity index (χ4n) is 2.94. The first-order valence-corrected chi connectivity index (χ1v) is 9.65. The van der Waals surface area contributed by atoms with E-state index in [0.29, 0.717) is 21.8 Å². The Labute approximate surface area is 161 Å². The van der Waals surface area contributed by atoms with Crippen molar-refractivity contribution < 1.29 is 5.11 Å². The van der Waals surface area contributed by atoms with Crippen LogP contribution in [-0.2, 0) is 0 Å². The molecule has 134 valence electrons. The van der Waals surface area contributed by atoms with Crippen LogP contribution in [0.5, 0.6) is 0 Å². The zero-order valence-corrected chi connectivity index (χ0v) is 15.3. The van der Waals surface area contributed by atoms with Gasteiger partial charge in [-0.3, -0.25) is 9.36 Å². The second kappa shape index (κ2) is 7.78. The highest BCUT2D eigenvalue weighted by Crippen LogP contribution is 2.26. The summed E-state index contributed by atoms with van der Waals surface area (Å²) in [5, 5.41) is 11.6. The van der Waals surface area contributed by atoms with Crippen LogP contribution in [0.3, 0.4) is 0 Å². The Morgan fingerprint density at radius 1 is 0.889 bits per heavy atom. The van der Waals surface area contributed by atoms with Gasteiger partial charge in [0, 0.05) is 5.75 Å². The molecule has 1 aromatic heterocycles. The standard InChI is InChI=1S/C22H18N2O2S/c25-20(16-9-3-1-4-10-16)15-27-22-23-19-14-8-7-13-18(19)21(26)24(22)17-11-5-2-6-12-17/h1-14,20,25H,15H2. The Balaban J connectivity index is 1.76. The summed E-state index contributed by atoms with van der Waals surface area (Å²) < 4.78 is 1.62. The number of fused-ring (bicyclic) bond motifs is 1. The van der Waals surface area contributed by atoms with Gasteiger partial charge in [0.2, 0.25) is 0 Å². The highest BCUT2D eigenvalue weighted by molar-refractivity contribution is 7.99. The molecule has 1 unspecified atom stereocenters. The van der Waals surface area contributed by atoms with E-state index in [2.05, 4.69) is 0 Å². The van der Waals surface area contributed by atoms with Gasteiger partial charge in [-0.05, 0) is 29.8 Å². The van der Waals surface area contributed by atoms with Gasteiger partial charge in [-0.15, -0.1) is 0 Å². The number of nitrogens with zero attached hydrogens (tertiary/aromatic N) is 2. The summed E-state index contributed by atoms with van der Waals surface area (Å²) in [5.74, 6) is 0.404. The molecule has 0 aliphatic rings. The summed E-state index contributed by atoms with van der Waals surface area (Å²) in [5.41, 5.74) is 2.16. The average molecular weight is 374 g/mol. The van der Waals surface area contributed by atoms with Crippen LogP contribution in [0.1, 0.15) is 11.7 Å². The van der Waals surface area contributed by atoms with Crippen molar-refractivity contribution in [3.05, 3.63) is 101 Å². The normalized spacial score (nSPS) is 12.2. The van der Waals surface area contributed by atoms with Gasteiger partial charge in [-0.25, -0.2) is 4.98 Å². The van der Waals surface area contributed by atoms with Crippen LogP contribution in [0.4, 0.5) is 0 Å². The number of hydrogen-bond donors (Lipinski definition) is 1. The number of benzene rings is 3. The molecule has 0 saturated heterocycles. The molecule has 0 aliphatic heterocycles. The fourth-order valence-corrected chi connectivity index (χ4v) is 3.92. The minimum Gasteiger partial charge on any atom is -0.388 e. The third-order valence-electron chi connectivity index (χ3n) is 4.31. The van der Waals surface area contributed by atoms with Crippen molar-refractivity contribution in [2.24, 2.45) is 0 Å². The minimum atomic E-state index is -0.635. The van der Waals surface area contributed by atoms with Crippen molar-refractivity contribution in [3.63, 3.8) is 0 Å². The summed E-state index contributed by atoms with van der Waals surface area (Å²) in [6.45, 7) is 0. The molecule has 0 radical (unpaired) electrons. The molecule has 4 rings (SSSR count). The van der Waals surface area contributed by atoms with Crippen molar-refractivity contribution >= 4 is 22.7 Å². The Bertz CT molecular complexity index is 1110. The second-order valence-electron chi connectivity index (χ2n) is 6.13. The lowest BCUT2D eigenvalue weighted by molar-refractivity contribution is 0.204. The maximum Gasteiger partial charge on any atom is 0.266 e. The van der Waals surface area contributed by atoms with E-state index >= 15 is 0 Å². The lowest BCUT2D eigenvalue weighted by Crippen LogP contribution is -2.22. The van der Waals surface area contributed by atoms with E-state index < -0.39 is 6.10 Å². The largest absolute Gasteiger partial charge is 0.388 e. The van der Waals surface area contributed by atoms with Gasteiger partial charge in [-0.2, -0.15) is 0 Å². The molecule has 4 nitrogen and oxygen atoms in total. The van der Waals surface area contributed by atoms with Gasteiger partial charge in [0.25, 0.3) is 5.56 Å². The predicted molar refractivity (Wildman–Crippen MR) is 109 cm³/mol. The third kappa shape index (κ3) is 3.65. The smallest absolute Gasteiger partial charge is 0.266 e. The number of rotatable bonds is 5. The van der Waals surface area contributed by atoms with Crippen LogP contribution in [0, 0.1) is 0 Å². The molecule has 0 bridgehead atoms. The molecule has 0 saturated carbocycles.